The van der Waals surface area contributed by atoms with Crippen LogP contribution in [0.25, 0.3) is 0 Å². The van der Waals surface area contributed by atoms with Crippen LogP contribution in [0.5, 0.6) is 5.75 Å². The molecule has 1 aliphatic heterocycles. The Hall–Kier alpha value is -2.04. The zero-order valence-corrected chi connectivity index (χ0v) is 12.3. The van der Waals surface area contributed by atoms with E-state index in [1.54, 1.807) is 30.0 Å². The SMILES string of the molecule is CC1C(=O)NC(C)(C2CC2)C(=O)N1Cc1cccc(O)c1. The highest BCUT2D eigenvalue weighted by molar-refractivity contribution is 5.99. The summed E-state index contributed by atoms with van der Waals surface area (Å²) in [7, 11) is 0. The summed E-state index contributed by atoms with van der Waals surface area (Å²) in [5.74, 6) is 0.275. The molecule has 2 atom stereocenters. The van der Waals surface area contributed by atoms with E-state index in [4.69, 9.17) is 0 Å². The van der Waals surface area contributed by atoms with Gasteiger partial charge in [0.1, 0.15) is 17.3 Å². The number of nitrogens with one attached hydrogen (secondary N) is 1. The molecule has 21 heavy (non-hydrogen) atoms. The number of rotatable bonds is 3. The Bertz CT molecular complexity index is 597. The first-order chi connectivity index (χ1) is 9.91. The van der Waals surface area contributed by atoms with Gasteiger partial charge in [0.05, 0.1) is 0 Å². The number of hydrogen-bond donors (Lipinski definition) is 2. The van der Waals surface area contributed by atoms with E-state index in [2.05, 4.69) is 5.32 Å². The van der Waals surface area contributed by atoms with E-state index >= 15 is 0 Å². The van der Waals surface area contributed by atoms with Crippen LogP contribution >= 0.6 is 0 Å². The molecule has 0 bridgehead atoms. The van der Waals surface area contributed by atoms with Crippen LogP contribution in [0.3, 0.4) is 0 Å². The number of amides is 2. The van der Waals surface area contributed by atoms with Crippen molar-refractivity contribution in [2.45, 2.75) is 44.8 Å². The molecule has 2 aliphatic rings. The number of nitrogens with zero attached hydrogens (tertiary/aromatic N) is 1. The van der Waals surface area contributed by atoms with E-state index in [-0.39, 0.29) is 23.5 Å². The molecular weight excluding hydrogens is 268 g/mol. The number of phenolic OH excluding ortho intramolecular Hbond substituents is 1. The van der Waals surface area contributed by atoms with Crippen LogP contribution < -0.4 is 5.32 Å². The van der Waals surface area contributed by atoms with Gasteiger partial charge in [0, 0.05) is 6.54 Å². The van der Waals surface area contributed by atoms with Crippen LogP contribution in [-0.4, -0.2) is 33.4 Å². The molecule has 1 aliphatic carbocycles. The summed E-state index contributed by atoms with van der Waals surface area (Å²) in [4.78, 5) is 26.6. The van der Waals surface area contributed by atoms with Gasteiger partial charge in [-0.2, -0.15) is 0 Å². The molecule has 0 spiro atoms. The molecule has 1 aromatic carbocycles. The molecule has 2 amide bonds. The fraction of sp³-hybridized carbons (Fsp3) is 0.500. The molecule has 1 heterocycles. The molecule has 112 valence electrons. The molecule has 3 rings (SSSR count). The smallest absolute Gasteiger partial charge is 0.249 e. The van der Waals surface area contributed by atoms with Crippen molar-refractivity contribution in [1.82, 2.24) is 10.2 Å². The van der Waals surface area contributed by atoms with Crippen molar-refractivity contribution in [2.24, 2.45) is 5.92 Å². The molecule has 0 aromatic heterocycles. The maximum absolute atomic E-state index is 12.8. The maximum atomic E-state index is 12.8. The van der Waals surface area contributed by atoms with E-state index < -0.39 is 11.6 Å². The van der Waals surface area contributed by atoms with Crippen molar-refractivity contribution in [3.8, 4) is 5.75 Å². The molecule has 2 N–H and O–H groups in total. The molecule has 5 heteroatoms. The Balaban J connectivity index is 1.87. The summed E-state index contributed by atoms with van der Waals surface area (Å²) in [6.07, 6.45) is 1.97. The van der Waals surface area contributed by atoms with Gasteiger partial charge in [-0.15, -0.1) is 0 Å². The second-order valence-corrected chi connectivity index (χ2v) is 6.24. The van der Waals surface area contributed by atoms with Gasteiger partial charge in [-0.05, 0) is 50.3 Å². The number of carbonyl (C=O) groups excluding carboxylic acids is 2. The minimum absolute atomic E-state index is 0.0274. The minimum Gasteiger partial charge on any atom is -0.508 e. The lowest BCUT2D eigenvalue weighted by atomic mass is 9.89. The highest BCUT2D eigenvalue weighted by Crippen LogP contribution is 2.42. The zero-order chi connectivity index (χ0) is 15.2. The lowest BCUT2D eigenvalue weighted by molar-refractivity contribution is -0.155. The molecule has 1 saturated heterocycles. The van der Waals surface area contributed by atoms with Crippen molar-refractivity contribution in [3.05, 3.63) is 29.8 Å². The lowest BCUT2D eigenvalue weighted by Gasteiger charge is -2.43. The molecular formula is C16H20N2O3. The van der Waals surface area contributed by atoms with Crippen LogP contribution in [0.4, 0.5) is 0 Å². The molecule has 2 fully saturated rings. The molecule has 0 radical (unpaired) electrons. The Morgan fingerprint density at radius 2 is 2.10 bits per heavy atom. The van der Waals surface area contributed by atoms with Crippen LogP contribution in [0.1, 0.15) is 32.3 Å². The average molecular weight is 288 g/mol. The summed E-state index contributed by atoms with van der Waals surface area (Å²) in [6, 6.07) is 6.31. The normalized spacial score (nSPS) is 29.4. The van der Waals surface area contributed by atoms with Crippen LogP contribution in [0.2, 0.25) is 0 Å². The van der Waals surface area contributed by atoms with Gasteiger partial charge < -0.3 is 15.3 Å². The van der Waals surface area contributed by atoms with Crippen molar-refractivity contribution in [1.29, 1.82) is 0 Å². The lowest BCUT2D eigenvalue weighted by Crippen LogP contribution is -2.69. The Morgan fingerprint density at radius 1 is 1.38 bits per heavy atom. The first kappa shape index (κ1) is 13.9. The topological polar surface area (TPSA) is 69.6 Å². The predicted molar refractivity (Wildman–Crippen MR) is 77.4 cm³/mol. The van der Waals surface area contributed by atoms with Gasteiger partial charge in [-0.1, -0.05) is 12.1 Å². The second kappa shape index (κ2) is 4.76. The summed E-state index contributed by atoms with van der Waals surface area (Å²) in [6.45, 7) is 3.90. The highest BCUT2D eigenvalue weighted by Gasteiger charge is 2.54. The Labute approximate surface area is 123 Å². The minimum atomic E-state index is -0.777. The third-order valence-corrected chi connectivity index (χ3v) is 4.59. The van der Waals surface area contributed by atoms with Crippen LogP contribution in [0, 0.1) is 5.92 Å². The van der Waals surface area contributed by atoms with Gasteiger partial charge in [-0.25, -0.2) is 0 Å². The van der Waals surface area contributed by atoms with E-state index in [1.807, 2.05) is 13.0 Å². The van der Waals surface area contributed by atoms with Gasteiger partial charge in [0.25, 0.3) is 0 Å². The van der Waals surface area contributed by atoms with Gasteiger partial charge >= 0.3 is 0 Å². The fourth-order valence-corrected chi connectivity index (χ4v) is 3.03. The summed E-state index contributed by atoms with van der Waals surface area (Å²) >= 11 is 0. The Morgan fingerprint density at radius 3 is 2.71 bits per heavy atom. The fourth-order valence-electron chi connectivity index (χ4n) is 3.03. The largest absolute Gasteiger partial charge is 0.508 e. The number of benzene rings is 1. The number of carbonyl (C=O) groups is 2. The third kappa shape index (κ3) is 2.37. The van der Waals surface area contributed by atoms with E-state index in [0.717, 1.165) is 18.4 Å². The first-order valence-corrected chi connectivity index (χ1v) is 7.33. The number of hydrogen-bond acceptors (Lipinski definition) is 3. The third-order valence-electron chi connectivity index (χ3n) is 4.59. The first-order valence-electron chi connectivity index (χ1n) is 7.33. The van der Waals surface area contributed by atoms with Gasteiger partial charge in [0.2, 0.25) is 11.8 Å². The van der Waals surface area contributed by atoms with Crippen molar-refractivity contribution < 1.29 is 14.7 Å². The predicted octanol–water partition coefficient (Wildman–Crippen LogP) is 1.41. The maximum Gasteiger partial charge on any atom is 0.249 e. The van der Waals surface area contributed by atoms with Gasteiger partial charge in [-0.3, -0.25) is 9.59 Å². The van der Waals surface area contributed by atoms with Crippen LogP contribution in [-0.2, 0) is 16.1 Å². The monoisotopic (exact) mass is 288 g/mol. The summed E-state index contributed by atoms with van der Waals surface area (Å²) < 4.78 is 0. The quantitative estimate of drug-likeness (QED) is 0.883. The summed E-state index contributed by atoms with van der Waals surface area (Å²) in [5, 5.41) is 12.4. The van der Waals surface area contributed by atoms with Crippen LogP contribution in [0.15, 0.2) is 24.3 Å². The average Bonchev–Trinajstić information content (AvgIpc) is 3.26. The van der Waals surface area contributed by atoms with Crippen molar-refractivity contribution >= 4 is 11.8 Å². The molecule has 1 aromatic rings. The zero-order valence-electron chi connectivity index (χ0n) is 12.3. The number of piperazine rings is 1. The number of phenols is 1. The Kier molecular flexibility index (Phi) is 3.15. The van der Waals surface area contributed by atoms with E-state index in [1.165, 1.54) is 0 Å². The van der Waals surface area contributed by atoms with E-state index in [9.17, 15) is 14.7 Å². The van der Waals surface area contributed by atoms with E-state index in [0.29, 0.717) is 6.54 Å². The molecule has 1 saturated carbocycles. The van der Waals surface area contributed by atoms with Gasteiger partial charge in [0.15, 0.2) is 0 Å². The summed E-state index contributed by atoms with van der Waals surface area (Å²) in [5.41, 5.74) is 0.0449. The second-order valence-electron chi connectivity index (χ2n) is 6.24. The van der Waals surface area contributed by atoms with Crippen molar-refractivity contribution in [3.63, 3.8) is 0 Å². The number of aromatic hydroxyl groups is 1. The highest BCUT2D eigenvalue weighted by atomic mass is 16.3. The van der Waals surface area contributed by atoms with Crippen molar-refractivity contribution in [2.75, 3.05) is 0 Å². The molecule has 2 unspecified atom stereocenters. The molecule has 5 nitrogen and oxygen atoms in total. The standard InChI is InChI=1S/C16H20N2O3/c1-10-14(20)17-16(2,12-6-7-12)15(21)18(10)9-11-4-3-5-13(19)8-11/h3-5,8,10,12,19H,6-7,9H2,1-2H3,(H,17,20).